The van der Waals surface area contributed by atoms with Crippen molar-refractivity contribution in [3.05, 3.63) is 62.8 Å². The lowest BCUT2D eigenvalue weighted by Crippen LogP contribution is -2.00. The quantitative estimate of drug-likeness (QED) is 0.452. The molecule has 3 aromatic rings. The van der Waals surface area contributed by atoms with Crippen LogP contribution < -0.4 is 4.74 Å². The molecule has 122 valence electrons. The van der Waals surface area contributed by atoms with E-state index in [1.807, 2.05) is 12.1 Å². The number of nitro groups is 1. The SMILES string of the molecule is CCOc1c([N+](=O)[O-])cnc2c(-c3cccc(Cl)c3Cl)cccc12. The summed E-state index contributed by atoms with van der Waals surface area (Å²) in [6.07, 6.45) is 1.20. The van der Waals surface area contributed by atoms with Crippen LogP contribution in [0.3, 0.4) is 0 Å². The molecule has 0 saturated carbocycles. The minimum atomic E-state index is -0.504. The first-order chi connectivity index (χ1) is 11.5. The molecule has 2 aromatic carbocycles. The Morgan fingerprint density at radius 1 is 1.17 bits per heavy atom. The van der Waals surface area contributed by atoms with Gasteiger partial charge in [0.15, 0.2) is 0 Å². The van der Waals surface area contributed by atoms with Crippen molar-refractivity contribution in [3.8, 4) is 16.9 Å². The van der Waals surface area contributed by atoms with E-state index in [1.54, 1.807) is 31.2 Å². The number of benzene rings is 2. The van der Waals surface area contributed by atoms with E-state index < -0.39 is 4.92 Å². The molecule has 0 radical (unpaired) electrons. The molecule has 0 atom stereocenters. The first kappa shape index (κ1) is 16.5. The maximum atomic E-state index is 11.2. The summed E-state index contributed by atoms with van der Waals surface area (Å²) in [5.74, 6) is 0.201. The topological polar surface area (TPSA) is 65.3 Å². The van der Waals surface area contributed by atoms with Crippen molar-refractivity contribution in [2.24, 2.45) is 0 Å². The standard InChI is InChI=1S/C17H12Cl2N2O3/c1-2-24-17-12-7-3-6-11(10-5-4-8-13(18)15(10)19)16(12)20-9-14(17)21(22)23/h3-9H,2H2,1H3. The first-order valence-electron chi connectivity index (χ1n) is 7.18. The van der Waals surface area contributed by atoms with Crippen molar-refractivity contribution in [1.29, 1.82) is 0 Å². The van der Waals surface area contributed by atoms with E-state index in [-0.39, 0.29) is 11.4 Å². The molecule has 1 heterocycles. The molecule has 1 aromatic heterocycles. The zero-order chi connectivity index (χ0) is 17.3. The normalized spacial score (nSPS) is 10.8. The number of halogens is 2. The monoisotopic (exact) mass is 362 g/mol. The molecule has 0 aliphatic carbocycles. The largest absolute Gasteiger partial charge is 0.487 e. The molecule has 0 fully saturated rings. The minimum Gasteiger partial charge on any atom is -0.487 e. The van der Waals surface area contributed by atoms with Gasteiger partial charge in [0.25, 0.3) is 0 Å². The fourth-order valence-corrected chi connectivity index (χ4v) is 2.95. The van der Waals surface area contributed by atoms with E-state index in [0.717, 1.165) is 5.56 Å². The highest BCUT2D eigenvalue weighted by Gasteiger charge is 2.21. The van der Waals surface area contributed by atoms with E-state index in [1.165, 1.54) is 6.20 Å². The van der Waals surface area contributed by atoms with Crippen LogP contribution in [0.5, 0.6) is 5.75 Å². The molecule has 0 spiro atoms. The summed E-state index contributed by atoms with van der Waals surface area (Å²) >= 11 is 12.4. The lowest BCUT2D eigenvalue weighted by atomic mass is 10.0. The third-order valence-corrected chi connectivity index (χ3v) is 4.38. The Hall–Kier alpha value is -2.37. The van der Waals surface area contributed by atoms with Crippen molar-refractivity contribution in [3.63, 3.8) is 0 Å². The summed E-state index contributed by atoms with van der Waals surface area (Å²) < 4.78 is 5.52. The number of pyridine rings is 1. The molecule has 5 nitrogen and oxygen atoms in total. The van der Waals surface area contributed by atoms with Gasteiger partial charge in [0.2, 0.25) is 5.75 Å². The second kappa shape index (κ2) is 6.63. The molecule has 0 unspecified atom stereocenters. The van der Waals surface area contributed by atoms with Gasteiger partial charge in [-0.05, 0) is 19.1 Å². The minimum absolute atomic E-state index is 0.168. The number of hydrogen-bond donors (Lipinski definition) is 0. The fraction of sp³-hybridized carbons (Fsp3) is 0.118. The third-order valence-electron chi connectivity index (χ3n) is 3.56. The van der Waals surface area contributed by atoms with E-state index in [9.17, 15) is 10.1 Å². The number of ether oxygens (including phenoxy) is 1. The Kier molecular flexibility index (Phi) is 4.55. The lowest BCUT2D eigenvalue weighted by molar-refractivity contribution is -0.386. The molecule has 7 heteroatoms. The van der Waals surface area contributed by atoms with Crippen molar-refractivity contribution in [1.82, 2.24) is 4.98 Å². The summed E-state index contributed by atoms with van der Waals surface area (Å²) in [5, 5.41) is 12.6. The number of rotatable bonds is 4. The van der Waals surface area contributed by atoms with Crippen LogP contribution in [0.1, 0.15) is 6.92 Å². The molecule has 0 aliphatic heterocycles. The van der Waals surface area contributed by atoms with Crippen LogP contribution in [0.25, 0.3) is 22.0 Å². The van der Waals surface area contributed by atoms with Crippen LogP contribution in [-0.2, 0) is 0 Å². The Morgan fingerprint density at radius 3 is 2.58 bits per heavy atom. The highest BCUT2D eigenvalue weighted by molar-refractivity contribution is 6.43. The highest BCUT2D eigenvalue weighted by atomic mass is 35.5. The Balaban J connectivity index is 2.34. The van der Waals surface area contributed by atoms with Crippen molar-refractivity contribution < 1.29 is 9.66 Å². The van der Waals surface area contributed by atoms with E-state index >= 15 is 0 Å². The van der Waals surface area contributed by atoms with Crippen LogP contribution in [0, 0.1) is 10.1 Å². The van der Waals surface area contributed by atoms with Gasteiger partial charge >= 0.3 is 5.69 Å². The summed E-state index contributed by atoms with van der Waals surface area (Å²) in [7, 11) is 0. The van der Waals surface area contributed by atoms with Crippen molar-refractivity contribution >= 4 is 39.8 Å². The average Bonchev–Trinajstić information content (AvgIpc) is 2.57. The predicted molar refractivity (Wildman–Crippen MR) is 95.0 cm³/mol. The molecule has 24 heavy (non-hydrogen) atoms. The van der Waals surface area contributed by atoms with Crippen LogP contribution in [-0.4, -0.2) is 16.5 Å². The smallest absolute Gasteiger partial charge is 0.329 e. The lowest BCUT2D eigenvalue weighted by Gasteiger charge is -2.12. The van der Waals surface area contributed by atoms with E-state index in [4.69, 9.17) is 27.9 Å². The summed E-state index contributed by atoms with van der Waals surface area (Å²) in [4.78, 5) is 15.0. The summed E-state index contributed by atoms with van der Waals surface area (Å²) in [6.45, 7) is 2.08. The van der Waals surface area contributed by atoms with Gasteiger partial charge in [-0.3, -0.25) is 10.1 Å². The van der Waals surface area contributed by atoms with Gasteiger partial charge in [-0.25, -0.2) is 4.98 Å². The summed E-state index contributed by atoms with van der Waals surface area (Å²) in [5.41, 5.74) is 1.84. The maximum absolute atomic E-state index is 11.2. The fourth-order valence-electron chi connectivity index (χ4n) is 2.54. The zero-order valence-corrected chi connectivity index (χ0v) is 14.1. The average molecular weight is 363 g/mol. The van der Waals surface area contributed by atoms with Gasteiger partial charge in [0.05, 0.1) is 32.5 Å². The maximum Gasteiger partial charge on any atom is 0.329 e. The number of fused-ring (bicyclic) bond motifs is 1. The predicted octanol–water partition coefficient (Wildman–Crippen LogP) is 5.52. The van der Waals surface area contributed by atoms with Gasteiger partial charge in [-0.15, -0.1) is 0 Å². The number of nitrogens with zero attached hydrogens (tertiary/aromatic N) is 2. The second-order valence-electron chi connectivity index (χ2n) is 4.97. The van der Waals surface area contributed by atoms with Gasteiger partial charge in [-0.2, -0.15) is 0 Å². The van der Waals surface area contributed by atoms with Gasteiger partial charge in [0, 0.05) is 11.1 Å². The second-order valence-corrected chi connectivity index (χ2v) is 5.75. The zero-order valence-electron chi connectivity index (χ0n) is 12.6. The Bertz CT molecular complexity index is 945. The van der Waals surface area contributed by atoms with E-state index in [0.29, 0.717) is 33.1 Å². The molecule has 0 aliphatic rings. The van der Waals surface area contributed by atoms with Crippen LogP contribution in [0.2, 0.25) is 10.0 Å². The van der Waals surface area contributed by atoms with Gasteiger partial charge in [0.1, 0.15) is 6.20 Å². The van der Waals surface area contributed by atoms with Crippen LogP contribution in [0.4, 0.5) is 5.69 Å². The first-order valence-corrected chi connectivity index (χ1v) is 7.93. The number of para-hydroxylation sites is 1. The molecule has 3 rings (SSSR count). The Morgan fingerprint density at radius 2 is 1.88 bits per heavy atom. The molecular weight excluding hydrogens is 351 g/mol. The van der Waals surface area contributed by atoms with Gasteiger partial charge < -0.3 is 4.74 Å². The number of hydrogen-bond acceptors (Lipinski definition) is 4. The molecule has 0 amide bonds. The molecule has 0 N–H and O–H groups in total. The number of aromatic nitrogens is 1. The Labute approximate surface area is 147 Å². The highest BCUT2D eigenvalue weighted by Crippen LogP contribution is 2.40. The molecule has 0 bridgehead atoms. The third kappa shape index (κ3) is 2.77. The van der Waals surface area contributed by atoms with Crippen molar-refractivity contribution in [2.75, 3.05) is 6.61 Å². The van der Waals surface area contributed by atoms with Crippen LogP contribution >= 0.6 is 23.2 Å². The molecular formula is C17H12Cl2N2O3. The van der Waals surface area contributed by atoms with Gasteiger partial charge in [-0.1, -0.05) is 47.5 Å². The molecule has 0 saturated heterocycles. The van der Waals surface area contributed by atoms with E-state index in [2.05, 4.69) is 4.98 Å². The van der Waals surface area contributed by atoms with Crippen LogP contribution in [0.15, 0.2) is 42.6 Å². The van der Waals surface area contributed by atoms with Crippen molar-refractivity contribution in [2.45, 2.75) is 6.92 Å². The summed E-state index contributed by atoms with van der Waals surface area (Å²) in [6, 6.07) is 10.7.